The van der Waals surface area contributed by atoms with Gasteiger partial charge in [0.15, 0.2) is 11.9 Å². The maximum absolute atomic E-state index is 15.6. The fraction of sp³-hybridized carbons (Fsp3) is 0.682. The molecule has 2 bridgehead atoms. The number of rotatable bonds is 21. The molecular formula is C66H94N6O15. The SMILES string of the molecule is CCC1(O)CC2CN(CCc3c([nH]c4ccccc34)C(C(=O)OC)(c3cc4c(cc3OC)N(C)C3C(O)(C(=O)NCCCOC(=O)C(C)NC(=O)CCCC(=O)OCC(OC5COC(C)(C)C5)OC(C)(C)C)C(O)C5(CC)C=CCN6CCC43C65)C2)C1. The van der Waals surface area contributed by atoms with Gasteiger partial charge in [0.25, 0.3) is 5.91 Å². The van der Waals surface area contributed by atoms with Crippen LogP contribution in [-0.2, 0) is 69.6 Å². The summed E-state index contributed by atoms with van der Waals surface area (Å²) in [5, 5.41) is 45.3. The number of likely N-dealkylation sites (N-methyl/N-ethyl adjacent to an activating group) is 1. The van der Waals surface area contributed by atoms with Crippen molar-refractivity contribution < 1.29 is 72.5 Å². The summed E-state index contributed by atoms with van der Waals surface area (Å²) in [5.41, 5.74) is -3.19. The number of benzene rings is 2. The minimum Gasteiger partial charge on any atom is -0.496 e. The van der Waals surface area contributed by atoms with E-state index in [1.165, 1.54) is 14.0 Å². The van der Waals surface area contributed by atoms with E-state index < -0.39 is 87.2 Å². The maximum atomic E-state index is 15.6. The van der Waals surface area contributed by atoms with E-state index in [9.17, 15) is 29.7 Å². The van der Waals surface area contributed by atoms with Crippen LogP contribution in [0.3, 0.4) is 0 Å². The number of esters is 3. The molecule has 7 heterocycles. The molecule has 10 rings (SSSR count). The second-order valence-corrected chi connectivity index (χ2v) is 27.4. The molecule has 21 nitrogen and oxygen atoms in total. The van der Waals surface area contributed by atoms with Gasteiger partial charge in [-0.05, 0) is 129 Å². The third kappa shape index (κ3) is 11.7. The number of ether oxygens (including phenoxy) is 7. The van der Waals surface area contributed by atoms with Crippen molar-refractivity contribution in [1.29, 1.82) is 0 Å². The fourth-order valence-corrected chi connectivity index (χ4v) is 16.5. The molecule has 13 unspecified atom stereocenters. The summed E-state index contributed by atoms with van der Waals surface area (Å²) in [6.45, 7) is 18.3. The zero-order chi connectivity index (χ0) is 62.6. The van der Waals surface area contributed by atoms with Gasteiger partial charge in [0.05, 0.1) is 56.4 Å². The maximum Gasteiger partial charge on any atom is 0.328 e. The Hall–Kier alpha value is -5.65. The first kappa shape index (κ1) is 64.3. The molecule has 0 radical (unpaired) electrons. The van der Waals surface area contributed by atoms with Crippen LogP contribution in [0.4, 0.5) is 5.69 Å². The van der Waals surface area contributed by atoms with Crippen LogP contribution in [0.2, 0.25) is 0 Å². The lowest BCUT2D eigenvalue weighted by molar-refractivity contribution is -0.233. The molecule has 7 aliphatic rings. The Morgan fingerprint density at radius 2 is 1.71 bits per heavy atom. The standard InChI is InChI=1S/C66H94N6O15/c1-12-62(79)33-41-34-65(59(78)82-11,53-44(23-28-71(36-41)39-62)43-19-14-15-20-47(43)69-53)46-31-45-48(32-49(46)81-10)70(9)56-64(45)25-29-72-27-17-24-63(13-2,55(64)72)57(76)66(56,80)58(77)67-26-18-30-83-54(75)40(3)68-50(73)21-16-22-51(74)84-38-52(87-60(4,5)6)86-42-35-61(7,8)85-37-42/h14-15,17,19-20,24,31-32,40-42,52,55-57,69,76,79-80H,12-13,16,18,21-23,25-30,33-39H2,1-11H3,(H,67,77)(H,68,73). The highest BCUT2D eigenvalue weighted by atomic mass is 16.7. The van der Waals surface area contributed by atoms with Crippen molar-refractivity contribution in [1.82, 2.24) is 25.4 Å². The Labute approximate surface area is 511 Å². The number of aliphatic hydroxyl groups excluding tert-OH is 1. The number of carbonyl (C=O) groups excluding carboxylic acids is 5. The Balaban J connectivity index is 0.851. The summed E-state index contributed by atoms with van der Waals surface area (Å²) in [5.74, 6) is -2.67. The van der Waals surface area contributed by atoms with Crippen LogP contribution in [0.5, 0.6) is 5.75 Å². The number of nitrogens with one attached hydrogen (secondary N) is 3. The van der Waals surface area contributed by atoms with Gasteiger partial charge in [0.1, 0.15) is 29.9 Å². The number of hydrogen-bond donors (Lipinski definition) is 6. The van der Waals surface area contributed by atoms with Crippen LogP contribution >= 0.6 is 0 Å². The number of nitrogens with zero attached hydrogens (tertiary/aromatic N) is 3. The van der Waals surface area contributed by atoms with Gasteiger partial charge in [-0.3, -0.25) is 29.0 Å². The molecule has 6 aliphatic heterocycles. The van der Waals surface area contributed by atoms with Crippen molar-refractivity contribution >= 4 is 46.3 Å². The van der Waals surface area contributed by atoms with Crippen molar-refractivity contribution in [3.63, 3.8) is 0 Å². The molecule has 87 heavy (non-hydrogen) atoms. The summed E-state index contributed by atoms with van der Waals surface area (Å²) < 4.78 is 41.4. The first-order valence-electron chi connectivity index (χ1n) is 31.5. The van der Waals surface area contributed by atoms with Gasteiger partial charge in [-0.15, -0.1) is 0 Å². The zero-order valence-electron chi connectivity index (χ0n) is 52.9. The third-order valence-corrected chi connectivity index (χ3v) is 20.2. The van der Waals surface area contributed by atoms with E-state index in [2.05, 4.69) is 37.6 Å². The number of carbonyl (C=O) groups is 5. The number of aromatic nitrogens is 1. The number of amides is 2. The van der Waals surface area contributed by atoms with Gasteiger partial charge in [0, 0.05) is 110 Å². The molecule has 2 aromatic carbocycles. The number of methoxy groups -OCH3 is 2. The highest BCUT2D eigenvalue weighted by Crippen LogP contribution is 2.68. The number of piperidine rings is 1. The van der Waals surface area contributed by atoms with Crippen LogP contribution in [0, 0.1) is 11.3 Å². The average molecular weight is 1210 g/mol. The molecule has 1 aliphatic carbocycles. The Kier molecular flexibility index (Phi) is 18.2. The number of H-pyrrole nitrogens is 1. The summed E-state index contributed by atoms with van der Waals surface area (Å²) in [6.07, 6.45) is 5.13. The minimum absolute atomic E-state index is 0.0283. The van der Waals surface area contributed by atoms with E-state index >= 15 is 9.59 Å². The molecule has 478 valence electrons. The molecule has 1 saturated carbocycles. The zero-order valence-corrected chi connectivity index (χ0v) is 52.9. The fourth-order valence-electron chi connectivity index (χ4n) is 16.5. The number of anilines is 1. The Morgan fingerprint density at radius 3 is 2.41 bits per heavy atom. The normalized spacial score (nSPS) is 32.1. The molecule has 2 amide bonds. The van der Waals surface area contributed by atoms with Crippen molar-refractivity contribution in [3.8, 4) is 5.75 Å². The highest BCUT2D eigenvalue weighted by molar-refractivity contribution is 5.95. The Morgan fingerprint density at radius 1 is 0.943 bits per heavy atom. The molecule has 4 fully saturated rings. The lowest BCUT2D eigenvalue weighted by Gasteiger charge is -2.63. The number of hydrogen-bond acceptors (Lipinski definition) is 18. The van der Waals surface area contributed by atoms with Gasteiger partial charge in [-0.1, -0.05) is 44.2 Å². The van der Waals surface area contributed by atoms with Crippen molar-refractivity contribution in [2.75, 3.05) is 85.3 Å². The van der Waals surface area contributed by atoms with Gasteiger partial charge >= 0.3 is 17.9 Å². The summed E-state index contributed by atoms with van der Waals surface area (Å²) in [6, 6.07) is 9.67. The highest BCUT2D eigenvalue weighted by Gasteiger charge is 2.79. The van der Waals surface area contributed by atoms with E-state index in [0.717, 1.165) is 22.0 Å². The van der Waals surface area contributed by atoms with E-state index in [-0.39, 0.29) is 75.5 Å². The van der Waals surface area contributed by atoms with Crippen LogP contribution < -0.4 is 20.3 Å². The molecule has 3 aromatic rings. The third-order valence-electron chi connectivity index (χ3n) is 20.2. The van der Waals surface area contributed by atoms with Gasteiger partial charge in [0.2, 0.25) is 5.91 Å². The molecule has 3 saturated heterocycles. The molecule has 13 atom stereocenters. The predicted octanol–water partition coefficient (Wildman–Crippen LogP) is 5.24. The van der Waals surface area contributed by atoms with Gasteiger partial charge in [-0.2, -0.15) is 0 Å². The molecular weight excluding hydrogens is 1120 g/mol. The van der Waals surface area contributed by atoms with Crippen LogP contribution in [0.1, 0.15) is 142 Å². The second kappa shape index (κ2) is 24.6. The topological polar surface area (TPSA) is 260 Å². The second-order valence-electron chi connectivity index (χ2n) is 27.4. The quantitative estimate of drug-likeness (QED) is 0.0262. The molecule has 21 heteroatoms. The first-order chi connectivity index (χ1) is 41.2. The van der Waals surface area contributed by atoms with Crippen LogP contribution in [0.25, 0.3) is 10.9 Å². The van der Waals surface area contributed by atoms with E-state index in [4.69, 9.17) is 33.2 Å². The van der Waals surface area contributed by atoms with Crippen LogP contribution in [0.15, 0.2) is 48.6 Å². The van der Waals surface area contributed by atoms with Gasteiger partial charge < -0.3 is 69.0 Å². The van der Waals surface area contributed by atoms with Gasteiger partial charge in [-0.25, -0.2) is 4.79 Å². The van der Waals surface area contributed by atoms with Crippen molar-refractivity contribution in [2.45, 2.75) is 196 Å². The number of aliphatic hydroxyl groups is 3. The first-order valence-corrected chi connectivity index (χ1v) is 31.5. The predicted molar refractivity (Wildman–Crippen MR) is 324 cm³/mol. The number of aromatic amines is 1. The van der Waals surface area contributed by atoms with Crippen molar-refractivity contribution in [3.05, 3.63) is 70.9 Å². The summed E-state index contributed by atoms with van der Waals surface area (Å²) in [4.78, 5) is 80.0. The van der Waals surface area contributed by atoms with E-state index in [1.54, 1.807) is 7.11 Å². The summed E-state index contributed by atoms with van der Waals surface area (Å²) in [7, 11) is 4.84. The van der Waals surface area contributed by atoms with Crippen LogP contribution in [-0.4, -0.2) is 199 Å². The van der Waals surface area contributed by atoms with E-state index in [0.29, 0.717) is 101 Å². The monoisotopic (exact) mass is 1210 g/mol. The number of fused-ring (bicyclic) bond motifs is 6. The molecule has 1 aromatic heterocycles. The smallest absolute Gasteiger partial charge is 0.328 e. The lowest BCUT2D eigenvalue weighted by atomic mass is 9.47. The van der Waals surface area contributed by atoms with E-state index in [1.807, 2.05) is 96.8 Å². The lowest BCUT2D eigenvalue weighted by Crippen LogP contribution is -2.81. The minimum atomic E-state index is -2.42. The van der Waals surface area contributed by atoms with Crippen molar-refractivity contribution in [2.24, 2.45) is 11.3 Å². The molecule has 1 spiro atoms. The Bertz CT molecular complexity index is 3110. The average Bonchev–Trinajstić information content (AvgIpc) is 1.52. The number of para-hydroxylation sites is 1. The largest absolute Gasteiger partial charge is 0.496 e. The molecule has 6 N–H and O–H groups in total. The summed E-state index contributed by atoms with van der Waals surface area (Å²) >= 11 is 0.